The van der Waals surface area contributed by atoms with Crippen LogP contribution in [0.15, 0.2) is 36.7 Å². The summed E-state index contributed by atoms with van der Waals surface area (Å²) < 4.78 is 18.9. The number of ether oxygens (including phenoxy) is 1. The zero-order valence-electron chi connectivity index (χ0n) is 8.77. The van der Waals surface area contributed by atoms with E-state index in [1.54, 1.807) is 30.6 Å². The second-order valence-corrected chi connectivity index (χ2v) is 3.32. The molecule has 0 unspecified atom stereocenters. The van der Waals surface area contributed by atoms with Crippen LogP contribution in [-0.2, 0) is 0 Å². The minimum Gasteiger partial charge on any atom is -0.494 e. The fourth-order valence-corrected chi connectivity index (χ4v) is 1.51. The molecule has 0 aliphatic carbocycles. The molecule has 0 bridgehead atoms. The molecule has 0 saturated heterocycles. The third-order valence-corrected chi connectivity index (χ3v) is 2.27. The Morgan fingerprint density at radius 3 is 2.56 bits per heavy atom. The predicted octanol–water partition coefficient (Wildman–Crippen LogP) is 2.48. The van der Waals surface area contributed by atoms with E-state index < -0.39 is 5.82 Å². The predicted molar refractivity (Wildman–Crippen MR) is 60.6 cm³/mol. The quantitative estimate of drug-likeness (QED) is 0.788. The van der Waals surface area contributed by atoms with Crippen LogP contribution in [0, 0.1) is 5.82 Å². The zero-order valence-corrected chi connectivity index (χ0v) is 8.77. The second kappa shape index (κ2) is 4.18. The molecule has 1 aromatic carbocycles. The van der Waals surface area contributed by atoms with Crippen molar-refractivity contribution in [1.82, 2.24) is 4.98 Å². The van der Waals surface area contributed by atoms with Gasteiger partial charge in [-0.3, -0.25) is 4.98 Å². The summed E-state index contributed by atoms with van der Waals surface area (Å²) in [6.45, 7) is 0. The van der Waals surface area contributed by atoms with Gasteiger partial charge >= 0.3 is 0 Å². The highest BCUT2D eigenvalue weighted by molar-refractivity contribution is 5.70. The maximum atomic E-state index is 13.9. The van der Waals surface area contributed by atoms with Crippen molar-refractivity contribution in [3.63, 3.8) is 0 Å². The first-order valence-corrected chi connectivity index (χ1v) is 4.76. The summed E-state index contributed by atoms with van der Waals surface area (Å²) in [7, 11) is 1.41. The smallest absolute Gasteiger partial charge is 0.173 e. The van der Waals surface area contributed by atoms with E-state index in [0.717, 1.165) is 5.56 Å². The van der Waals surface area contributed by atoms with Crippen LogP contribution in [0.25, 0.3) is 11.1 Å². The summed E-state index contributed by atoms with van der Waals surface area (Å²) in [4.78, 5) is 3.88. The average Bonchev–Trinajstić information content (AvgIpc) is 2.33. The molecule has 0 fully saturated rings. The number of aromatic nitrogens is 1. The van der Waals surface area contributed by atoms with Gasteiger partial charge in [-0.05, 0) is 23.8 Å². The highest BCUT2D eigenvalue weighted by atomic mass is 19.1. The van der Waals surface area contributed by atoms with E-state index in [2.05, 4.69) is 4.98 Å². The van der Waals surface area contributed by atoms with Crippen LogP contribution < -0.4 is 10.5 Å². The fraction of sp³-hybridized carbons (Fsp3) is 0.0833. The van der Waals surface area contributed by atoms with Crippen LogP contribution in [0.2, 0.25) is 0 Å². The molecule has 1 aromatic heterocycles. The van der Waals surface area contributed by atoms with Crippen molar-refractivity contribution < 1.29 is 9.13 Å². The number of nitrogens with zero attached hydrogens (tertiary/aromatic N) is 1. The van der Waals surface area contributed by atoms with Crippen molar-refractivity contribution in [2.24, 2.45) is 0 Å². The van der Waals surface area contributed by atoms with Crippen LogP contribution in [0.1, 0.15) is 0 Å². The van der Waals surface area contributed by atoms with E-state index in [1.165, 1.54) is 13.2 Å². The lowest BCUT2D eigenvalue weighted by Crippen LogP contribution is -1.95. The molecule has 0 spiro atoms. The number of halogens is 1. The number of nitrogen functional groups attached to an aromatic ring is 1. The van der Waals surface area contributed by atoms with Gasteiger partial charge in [-0.2, -0.15) is 0 Å². The summed E-state index contributed by atoms with van der Waals surface area (Å²) in [5.74, 6) is -0.269. The van der Waals surface area contributed by atoms with Gasteiger partial charge in [0, 0.05) is 29.7 Å². The van der Waals surface area contributed by atoms with E-state index in [0.29, 0.717) is 11.3 Å². The molecule has 0 saturated carbocycles. The summed E-state index contributed by atoms with van der Waals surface area (Å²) in [6, 6.07) is 6.47. The van der Waals surface area contributed by atoms with Crippen molar-refractivity contribution in [3.05, 3.63) is 42.5 Å². The summed E-state index contributed by atoms with van der Waals surface area (Å²) >= 11 is 0. The molecule has 0 amide bonds. The lowest BCUT2D eigenvalue weighted by molar-refractivity contribution is 0.387. The van der Waals surface area contributed by atoms with Crippen molar-refractivity contribution in [2.75, 3.05) is 12.8 Å². The van der Waals surface area contributed by atoms with Gasteiger partial charge in [0.25, 0.3) is 0 Å². The number of pyridine rings is 1. The molecule has 4 heteroatoms. The minimum atomic E-state index is -0.414. The number of hydrogen-bond acceptors (Lipinski definition) is 3. The maximum Gasteiger partial charge on any atom is 0.173 e. The van der Waals surface area contributed by atoms with Crippen LogP contribution in [0.4, 0.5) is 10.1 Å². The van der Waals surface area contributed by atoms with Crippen LogP contribution in [0.3, 0.4) is 0 Å². The van der Waals surface area contributed by atoms with Crippen molar-refractivity contribution in [2.45, 2.75) is 0 Å². The summed E-state index contributed by atoms with van der Waals surface area (Å²) in [5.41, 5.74) is 7.28. The van der Waals surface area contributed by atoms with Gasteiger partial charge in [0.1, 0.15) is 0 Å². The lowest BCUT2D eigenvalue weighted by Gasteiger charge is -2.09. The molecule has 3 nitrogen and oxygen atoms in total. The first-order valence-electron chi connectivity index (χ1n) is 4.76. The van der Waals surface area contributed by atoms with Gasteiger partial charge < -0.3 is 10.5 Å². The van der Waals surface area contributed by atoms with Gasteiger partial charge in [-0.25, -0.2) is 4.39 Å². The molecule has 2 rings (SSSR count). The van der Waals surface area contributed by atoms with Gasteiger partial charge in [-0.1, -0.05) is 0 Å². The molecule has 16 heavy (non-hydrogen) atoms. The van der Waals surface area contributed by atoms with Crippen molar-refractivity contribution >= 4 is 5.69 Å². The number of nitrogens with two attached hydrogens (primary N) is 1. The molecule has 0 aliphatic heterocycles. The summed E-state index contributed by atoms with van der Waals surface area (Å²) in [5, 5.41) is 0. The standard InChI is InChI=1S/C12H11FN2O/c1-16-11-7-9(14)6-10(12(11)13)8-2-4-15-5-3-8/h2-7H,14H2,1H3. The monoisotopic (exact) mass is 218 g/mol. The first-order chi connectivity index (χ1) is 7.72. The third kappa shape index (κ3) is 1.82. The molecule has 1 heterocycles. The minimum absolute atomic E-state index is 0.145. The molecule has 0 radical (unpaired) electrons. The molecule has 0 aliphatic rings. The Labute approximate surface area is 92.7 Å². The Bertz CT molecular complexity index is 500. The number of methoxy groups -OCH3 is 1. The normalized spacial score (nSPS) is 10.1. The Morgan fingerprint density at radius 2 is 1.94 bits per heavy atom. The Balaban J connectivity index is 2.61. The van der Waals surface area contributed by atoms with Gasteiger partial charge in [-0.15, -0.1) is 0 Å². The van der Waals surface area contributed by atoms with Gasteiger partial charge in [0.05, 0.1) is 7.11 Å². The summed E-state index contributed by atoms with van der Waals surface area (Å²) in [6.07, 6.45) is 3.20. The average molecular weight is 218 g/mol. The highest BCUT2D eigenvalue weighted by Gasteiger charge is 2.11. The SMILES string of the molecule is COc1cc(N)cc(-c2ccncc2)c1F. The molecule has 82 valence electrons. The van der Waals surface area contributed by atoms with Gasteiger partial charge in [0.15, 0.2) is 11.6 Å². The van der Waals surface area contributed by atoms with E-state index in [4.69, 9.17) is 10.5 Å². The largest absolute Gasteiger partial charge is 0.494 e. The first kappa shape index (κ1) is 10.4. The second-order valence-electron chi connectivity index (χ2n) is 3.32. The van der Waals surface area contributed by atoms with Crippen molar-refractivity contribution in [1.29, 1.82) is 0 Å². The van der Waals surface area contributed by atoms with Crippen LogP contribution in [-0.4, -0.2) is 12.1 Å². The van der Waals surface area contributed by atoms with Crippen molar-refractivity contribution in [3.8, 4) is 16.9 Å². The van der Waals surface area contributed by atoms with E-state index in [1.807, 2.05) is 0 Å². The van der Waals surface area contributed by atoms with E-state index in [-0.39, 0.29) is 5.75 Å². The number of benzene rings is 1. The van der Waals surface area contributed by atoms with E-state index in [9.17, 15) is 4.39 Å². The van der Waals surface area contributed by atoms with Gasteiger partial charge in [0.2, 0.25) is 0 Å². The molecule has 2 N–H and O–H groups in total. The van der Waals surface area contributed by atoms with Crippen LogP contribution in [0.5, 0.6) is 5.75 Å². The number of anilines is 1. The number of rotatable bonds is 2. The Morgan fingerprint density at radius 1 is 1.25 bits per heavy atom. The maximum absolute atomic E-state index is 13.9. The lowest BCUT2D eigenvalue weighted by atomic mass is 10.1. The molecular weight excluding hydrogens is 207 g/mol. The third-order valence-electron chi connectivity index (χ3n) is 2.27. The number of hydrogen-bond donors (Lipinski definition) is 1. The Hall–Kier alpha value is -2.10. The molecule has 2 aromatic rings. The van der Waals surface area contributed by atoms with E-state index >= 15 is 0 Å². The zero-order chi connectivity index (χ0) is 11.5. The topological polar surface area (TPSA) is 48.1 Å². The highest BCUT2D eigenvalue weighted by Crippen LogP contribution is 2.31. The molecule has 0 atom stereocenters. The molecular formula is C12H11FN2O. The fourth-order valence-electron chi connectivity index (χ4n) is 1.51. The Kier molecular flexibility index (Phi) is 2.72. The van der Waals surface area contributed by atoms with Crippen LogP contribution >= 0.6 is 0 Å².